The number of azide groups is 1. The molecule has 0 aliphatic carbocycles. The summed E-state index contributed by atoms with van der Waals surface area (Å²) in [4.78, 5) is 14.3. The van der Waals surface area contributed by atoms with Crippen molar-refractivity contribution < 1.29 is 4.79 Å². The molecule has 1 rings (SSSR count). The van der Waals surface area contributed by atoms with Crippen LogP contribution in [-0.2, 0) is 0 Å². The van der Waals surface area contributed by atoms with Crippen LogP contribution < -0.4 is 5.32 Å². The average molecular weight is 283 g/mol. The Balaban J connectivity index is 2.41. The van der Waals surface area contributed by atoms with Gasteiger partial charge in [0.1, 0.15) is 0 Å². The molecular weight excluding hydrogens is 272 g/mol. The molecule has 0 aromatic heterocycles. The molecule has 1 aromatic rings. The van der Waals surface area contributed by atoms with Gasteiger partial charge in [-0.25, -0.2) is 0 Å². The van der Waals surface area contributed by atoms with Crippen molar-refractivity contribution in [3.63, 3.8) is 0 Å². The van der Waals surface area contributed by atoms with Gasteiger partial charge in [0.15, 0.2) is 0 Å². The maximum Gasteiger partial charge on any atom is 0.252 e. The molecule has 0 saturated carbocycles. The second-order valence-electron chi connectivity index (χ2n) is 3.04. The van der Waals surface area contributed by atoms with E-state index in [2.05, 4.69) is 31.3 Å². The van der Waals surface area contributed by atoms with Gasteiger partial charge in [-0.05, 0) is 40.0 Å². The molecule has 5 nitrogen and oxygen atoms in total. The zero-order chi connectivity index (χ0) is 11.8. The summed E-state index contributed by atoms with van der Waals surface area (Å²) < 4.78 is 0.766. The van der Waals surface area contributed by atoms with E-state index in [4.69, 9.17) is 5.53 Å². The highest BCUT2D eigenvalue weighted by Gasteiger charge is 2.07. The van der Waals surface area contributed by atoms with Crippen molar-refractivity contribution in [1.29, 1.82) is 0 Å². The molecule has 16 heavy (non-hydrogen) atoms. The van der Waals surface area contributed by atoms with Gasteiger partial charge in [0.25, 0.3) is 5.91 Å². The van der Waals surface area contributed by atoms with Crippen LogP contribution in [0.3, 0.4) is 0 Å². The fourth-order valence-electron chi connectivity index (χ4n) is 1.14. The summed E-state index contributed by atoms with van der Waals surface area (Å²) in [5.74, 6) is -0.131. The Bertz CT molecular complexity index is 415. The molecule has 6 heteroatoms. The normalized spacial score (nSPS) is 9.31. The standard InChI is InChI=1S/C10H11BrN4O/c11-9-5-2-1-4-8(9)10(16)13-6-3-7-14-15-12/h1-2,4-5H,3,6-7H2,(H,13,16). The maximum atomic E-state index is 11.7. The van der Waals surface area contributed by atoms with Crippen LogP contribution in [-0.4, -0.2) is 19.0 Å². The van der Waals surface area contributed by atoms with E-state index in [1.165, 1.54) is 0 Å². The zero-order valence-corrected chi connectivity index (χ0v) is 10.1. The van der Waals surface area contributed by atoms with Gasteiger partial charge in [0.2, 0.25) is 0 Å². The first kappa shape index (κ1) is 12.5. The van der Waals surface area contributed by atoms with E-state index in [1.54, 1.807) is 12.1 Å². The van der Waals surface area contributed by atoms with Crippen molar-refractivity contribution >= 4 is 21.8 Å². The number of amides is 1. The first-order valence-electron chi connectivity index (χ1n) is 4.79. The van der Waals surface area contributed by atoms with Gasteiger partial charge in [-0.1, -0.05) is 17.2 Å². The smallest absolute Gasteiger partial charge is 0.252 e. The number of hydrogen-bond donors (Lipinski definition) is 1. The van der Waals surface area contributed by atoms with Crippen LogP contribution in [0.15, 0.2) is 33.9 Å². The van der Waals surface area contributed by atoms with E-state index in [1.807, 2.05) is 12.1 Å². The third-order valence-electron chi connectivity index (χ3n) is 1.90. The minimum absolute atomic E-state index is 0.131. The second kappa shape index (κ2) is 6.87. The van der Waals surface area contributed by atoms with Gasteiger partial charge in [-0.15, -0.1) is 0 Å². The lowest BCUT2D eigenvalue weighted by Gasteiger charge is -2.05. The fraction of sp³-hybridized carbons (Fsp3) is 0.300. The molecule has 0 atom stereocenters. The predicted octanol–water partition coefficient (Wildman–Crippen LogP) is 2.88. The average Bonchev–Trinajstić information content (AvgIpc) is 2.29. The van der Waals surface area contributed by atoms with Gasteiger partial charge < -0.3 is 5.32 Å². The van der Waals surface area contributed by atoms with E-state index in [-0.39, 0.29) is 5.91 Å². The summed E-state index contributed by atoms with van der Waals surface area (Å²) in [5.41, 5.74) is 8.66. The van der Waals surface area contributed by atoms with E-state index < -0.39 is 0 Å². The van der Waals surface area contributed by atoms with E-state index in [0.717, 1.165) is 4.47 Å². The Morgan fingerprint density at radius 3 is 2.94 bits per heavy atom. The highest BCUT2D eigenvalue weighted by atomic mass is 79.9. The zero-order valence-electron chi connectivity index (χ0n) is 8.56. The molecule has 0 unspecified atom stereocenters. The Hall–Kier alpha value is -1.52. The van der Waals surface area contributed by atoms with Gasteiger partial charge in [0, 0.05) is 22.5 Å². The second-order valence-corrected chi connectivity index (χ2v) is 3.90. The molecule has 0 saturated heterocycles. The maximum absolute atomic E-state index is 11.7. The minimum Gasteiger partial charge on any atom is -0.352 e. The first-order valence-corrected chi connectivity index (χ1v) is 5.58. The lowest BCUT2D eigenvalue weighted by molar-refractivity contribution is 0.0952. The van der Waals surface area contributed by atoms with Gasteiger partial charge in [-0.3, -0.25) is 4.79 Å². The van der Waals surface area contributed by atoms with Crippen LogP contribution in [0.1, 0.15) is 16.8 Å². The Labute approximate surface area is 102 Å². The van der Waals surface area contributed by atoms with Crippen molar-refractivity contribution in [1.82, 2.24) is 5.32 Å². The highest BCUT2D eigenvalue weighted by molar-refractivity contribution is 9.10. The number of nitrogens with zero attached hydrogens (tertiary/aromatic N) is 3. The quantitative estimate of drug-likeness (QED) is 0.383. The lowest BCUT2D eigenvalue weighted by atomic mass is 10.2. The van der Waals surface area contributed by atoms with Crippen molar-refractivity contribution in [2.24, 2.45) is 5.11 Å². The number of rotatable bonds is 5. The number of benzene rings is 1. The van der Waals surface area contributed by atoms with Crippen LogP contribution in [0.25, 0.3) is 10.4 Å². The summed E-state index contributed by atoms with van der Waals surface area (Å²) in [7, 11) is 0. The summed E-state index contributed by atoms with van der Waals surface area (Å²) in [6, 6.07) is 7.21. The molecule has 1 amide bonds. The molecule has 0 bridgehead atoms. The van der Waals surface area contributed by atoms with Crippen LogP contribution in [0, 0.1) is 0 Å². The minimum atomic E-state index is -0.131. The molecule has 0 aliphatic heterocycles. The van der Waals surface area contributed by atoms with E-state index in [9.17, 15) is 4.79 Å². The topological polar surface area (TPSA) is 77.9 Å². The summed E-state index contributed by atoms with van der Waals surface area (Å²) >= 11 is 3.30. The Morgan fingerprint density at radius 1 is 1.50 bits per heavy atom. The largest absolute Gasteiger partial charge is 0.352 e. The molecule has 0 heterocycles. The fourth-order valence-corrected chi connectivity index (χ4v) is 1.60. The SMILES string of the molecule is [N-]=[N+]=NCCCNC(=O)c1ccccc1Br. The predicted molar refractivity (Wildman–Crippen MR) is 65.1 cm³/mol. The monoisotopic (exact) mass is 282 g/mol. The number of nitrogens with one attached hydrogen (secondary N) is 1. The summed E-state index contributed by atoms with van der Waals surface area (Å²) in [5, 5.41) is 6.13. The molecule has 1 aromatic carbocycles. The number of hydrogen-bond acceptors (Lipinski definition) is 2. The van der Waals surface area contributed by atoms with Gasteiger partial charge in [0.05, 0.1) is 5.56 Å². The Morgan fingerprint density at radius 2 is 2.25 bits per heavy atom. The first-order chi connectivity index (χ1) is 7.75. The lowest BCUT2D eigenvalue weighted by Crippen LogP contribution is -2.25. The van der Waals surface area contributed by atoms with Gasteiger partial charge >= 0.3 is 0 Å². The van der Waals surface area contributed by atoms with Crippen LogP contribution in [0.4, 0.5) is 0 Å². The molecule has 0 aliphatic rings. The van der Waals surface area contributed by atoms with E-state index >= 15 is 0 Å². The van der Waals surface area contributed by atoms with Crippen LogP contribution >= 0.6 is 15.9 Å². The highest BCUT2D eigenvalue weighted by Crippen LogP contribution is 2.15. The van der Waals surface area contributed by atoms with Crippen molar-refractivity contribution in [3.8, 4) is 0 Å². The third-order valence-corrected chi connectivity index (χ3v) is 2.59. The number of carbonyl (C=O) groups is 1. The van der Waals surface area contributed by atoms with Gasteiger partial charge in [-0.2, -0.15) is 0 Å². The molecular formula is C10H11BrN4O. The molecule has 0 spiro atoms. The van der Waals surface area contributed by atoms with Crippen molar-refractivity contribution in [3.05, 3.63) is 44.7 Å². The van der Waals surface area contributed by atoms with Crippen molar-refractivity contribution in [2.75, 3.05) is 13.1 Å². The Kier molecular flexibility index (Phi) is 5.39. The molecule has 1 N–H and O–H groups in total. The van der Waals surface area contributed by atoms with Crippen molar-refractivity contribution in [2.45, 2.75) is 6.42 Å². The third kappa shape index (κ3) is 3.92. The van der Waals surface area contributed by atoms with Crippen LogP contribution in [0.5, 0.6) is 0 Å². The number of carbonyl (C=O) groups excluding carboxylic acids is 1. The summed E-state index contributed by atoms with van der Waals surface area (Å²) in [6.45, 7) is 0.895. The number of halogens is 1. The molecule has 0 fully saturated rings. The molecule has 84 valence electrons. The summed E-state index contributed by atoms with van der Waals surface area (Å²) in [6.07, 6.45) is 0.639. The van der Waals surface area contributed by atoms with Crippen LogP contribution in [0.2, 0.25) is 0 Å². The molecule has 0 radical (unpaired) electrons. The van der Waals surface area contributed by atoms with E-state index in [0.29, 0.717) is 25.1 Å².